The fraction of sp³-hybridized carbons (Fsp3) is 0.462. The maximum atomic E-state index is 11.7. The van der Waals surface area contributed by atoms with Crippen molar-refractivity contribution in [1.29, 1.82) is 0 Å². The zero-order valence-corrected chi connectivity index (χ0v) is 11.5. The van der Waals surface area contributed by atoms with Gasteiger partial charge in [0, 0.05) is 5.69 Å². The average Bonchev–Trinajstić information content (AvgIpc) is 2.27. The van der Waals surface area contributed by atoms with Crippen LogP contribution in [0, 0.1) is 12.3 Å². The Morgan fingerprint density at radius 1 is 1.32 bits per heavy atom. The highest BCUT2D eigenvalue weighted by atomic mass is 16.4. The predicted molar refractivity (Wildman–Crippen MR) is 72.0 cm³/mol. The van der Waals surface area contributed by atoms with E-state index in [1.54, 1.807) is 32.9 Å². The first kappa shape index (κ1) is 14.9. The molecule has 0 aromatic carbocycles. The van der Waals surface area contributed by atoms with Gasteiger partial charge in [-0.25, -0.2) is 9.59 Å². The van der Waals surface area contributed by atoms with Crippen LogP contribution in [0.15, 0.2) is 18.3 Å². The monoisotopic (exact) mass is 265 g/mol. The van der Waals surface area contributed by atoms with Crippen molar-refractivity contribution in [2.45, 2.75) is 33.7 Å². The number of amides is 2. The maximum absolute atomic E-state index is 11.7. The molecule has 0 radical (unpaired) electrons. The minimum Gasteiger partial charge on any atom is -0.480 e. The van der Waals surface area contributed by atoms with Gasteiger partial charge in [-0.05, 0) is 24.5 Å². The second-order valence-corrected chi connectivity index (χ2v) is 5.42. The number of nitrogens with zero attached hydrogens (tertiary/aromatic N) is 1. The number of urea groups is 1. The Hall–Kier alpha value is -2.11. The molecule has 104 valence electrons. The number of carboxylic acid groups (broad SMARTS) is 1. The number of aliphatic carboxylic acids is 1. The minimum atomic E-state index is -1.07. The number of carbonyl (C=O) groups excluding carboxylic acids is 1. The summed E-state index contributed by atoms with van der Waals surface area (Å²) in [5.74, 6) is -1.07. The van der Waals surface area contributed by atoms with Crippen LogP contribution in [-0.2, 0) is 4.79 Å². The number of nitrogens with one attached hydrogen (secondary N) is 2. The van der Waals surface area contributed by atoms with E-state index in [9.17, 15) is 9.59 Å². The Kier molecular flexibility index (Phi) is 4.47. The van der Waals surface area contributed by atoms with Crippen LogP contribution in [0.1, 0.15) is 26.5 Å². The fourth-order valence-corrected chi connectivity index (χ4v) is 1.49. The number of carboxylic acids is 1. The summed E-state index contributed by atoms with van der Waals surface area (Å²) >= 11 is 0. The minimum absolute atomic E-state index is 0.515. The van der Waals surface area contributed by atoms with Crippen molar-refractivity contribution < 1.29 is 14.7 Å². The molecule has 0 aliphatic heterocycles. The summed E-state index contributed by atoms with van der Waals surface area (Å²) in [6.07, 6.45) is 1.52. The maximum Gasteiger partial charge on any atom is 0.326 e. The van der Waals surface area contributed by atoms with E-state index in [1.165, 1.54) is 6.20 Å². The number of rotatable bonds is 3. The van der Waals surface area contributed by atoms with E-state index in [-0.39, 0.29) is 0 Å². The quantitative estimate of drug-likeness (QED) is 0.779. The van der Waals surface area contributed by atoms with Crippen molar-refractivity contribution in [3.05, 3.63) is 24.0 Å². The van der Waals surface area contributed by atoms with Gasteiger partial charge in [-0.15, -0.1) is 0 Å². The van der Waals surface area contributed by atoms with E-state index >= 15 is 0 Å². The number of aromatic nitrogens is 1. The molecule has 1 rings (SSSR count). The molecular weight excluding hydrogens is 246 g/mol. The van der Waals surface area contributed by atoms with Crippen LogP contribution < -0.4 is 10.6 Å². The molecular formula is C13H19N3O3. The van der Waals surface area contributed by atoms with E-state index in [0.29, 0.717) is 5.69 Å². The van der Waals surface area contributed by atoms with Crippen molar-refractivity contribution in [1.82, 2.24) is 10.3 Å². The third-order valence-electron chi connectivity index (χ3n) is 2.56. The van der Waals surface area contributed by atoms with Gasteiger partial charge in [0.1, 0.15) is 6.04 Å². The molecule has 6 heteroatoms. The highest BCUT2D eigenvalue weighted by molar-refractivity contribution is 5.92. The summed E-state index contributed by atoms with van der Waals surface area (Å²) in [4.78, 5) is 26.9. The van der Waals surface area contributed by atoms with Crippen molar-refractivity contribution in [3.63, 3.8) is 0 Å². The molecule has 1 aromatic rings. The first-order chi connectivity index (χ1) is 8.70. The van der Waals surface area contributed by atoms with Crippen molar-refractivity contribution in [2.75, 3.05) is 5.32 Å². The second kappa shape index (κ2) is 5.69. The lowest BCUT2D eigenvalue weighted by molar-refractivity contribution is -0.141. The molecule has 0 aliphatic carbocycles. The molecule has 19 heavy (non-hydrogen) atoms. The number of carbonyl (C=O) groups is 2. The largest absolute Gasteiger partial charge is 0.480 e. The van der Waals surface area contributed by atoms with E-state index in [4.69, 9.17) is 5.11 Å². The Labute approximate surface area is 112 Å². The van der Waals surface area contributed by atoms with E-state index in [2.05, 4.69) is 15.6 Å². The molecule has 1 atom stereocenters. The molecule has 6 nitrogen and oxygen atoms in total. The molecule has 1 aromatic heterocycles. The van der Waals surface area contributed by atoms with Crippen molar-refractivity contribution >= 4 is 17.7 Å². The summed E-state index contributed by atoms with van der Waals surface area (Å²) < 4.78 is 0. The molecule has 0 fully saturated rings. The number of aryl methyl sites for hydroxylation is 1. The van der Waals surface area contributed by atoms with Gasteiger partial charge in [-0.1, -0.05) is 20.8 Å². The van der Waals surface area contributed by atoms with E-state index in [1.807, 2.05) is 6.92 Å². The lowest BCUT2D eigenvalue weighted by Gasteiger charge is -2.27. The van der Waals surface area contributed by atoms with Gasteiger partial charge in [0.25, 0.3) is 0 Å². The van der Waals surface area contributed by atoms with Gasteiger partial charge in [0.05, 0.1) is 11.9 Å². The molecule has 2 amide bonds. The average molecular weight is 265 g/mol. The number of anilines is 1. The zero-order valence-electron chi connectivity index (χ0n) is 11.5. The molecule has 1 heterocycles. The summed E-state index contributed by atoms with van der Waals surface area (Å²) in [5, 5.41) is 14.1. The first-order valence-electron chi connectivity index (χ1n) is 5.93. The predicted octanol–water partition coefficient (Wildman–Crippen LogP) is 2.01. The zero-order chi connectivity index (χ0) is 14.6. The highest BCUT2D eigenvalue weighted by Gasteiger charge is 2.32. The molecule has 0 bridgehead atoms. The topological polar surface area (TPSA) is 91.3 Å². The molecule has 3 N–H and O–H groups in total. The second-order valence-electron chi connectivity index (χ2n) is 5.42. The van der Waals surface area contributed by atoms with Crippen molar-refractivity contribution in [2.24, 2.45) is 5.41 Å². The third-order valence-corrected chi connectivity index (χ3v) is 2.56. The van der Waals surface area contributed by atoms with Crippen LogP contribution in [0.4, 0.5) is 10.5 Å². The number of hydrogen-bond donors (Lipinski definition) is 3. The third kappa shape index (κ3) is 4.57. The first-order valence-corrected chi connectivity index (χ1v) is 5.93. The number of hydrogen-bond acceptors (Lipinski definition) is 3. The highest BCUT2D eigenvalue weighted by Crippen LogP contribution is 2.19. The lowest BCUT2D eigenvalue weighted by Crippen LogP contribution is -2.50. The summed E-state index contributed by atoms with van der Waals surface area (Å²) in [7, 11) is 0. The summed E-state index contributed by atoms with van der Waals surface area (Å²) in [5.41, 5.74) is 0.777. The summed E-state index contributed by atoms with van der Waals surface area (Å²) in [6, 6.07) is 1.93. The van der Waals surface area contributed by atoms with Crippen LogP contribution in [0.2, 0.25) is 0 Å². The fourth-order valence-electron chi connectivity index (χ4n) is 1.49. The van der Waals surface area contributed by atoms with Crippen LogP contribution in [-0.4, -0.2) is 28.1 Å². The van der Waals surface area contributed by atoms with Gasteiger partial charge in [0.2, 0.25) is 0 Å². The SMILES string of the molecule is Cc1ccc(NC(=O)NC(C(=O)O)C(C)(C)C)cn1. The standard InChI is InChI=1S/C13H19N3O3/c1-8-5-6-9(7-14-8)15-12(19)16-10(11(17)18)13(2,3)4/h5-7,10H,1-4H3,(H,17,18)(H2,15,16,19). The Bertz CT molecular complexity index is 463. The lowest BCUT2D eigenvalue weighted by atomic mass is 9.87. The molecule has 0 saturated heterocycles. The normalized spacial score (nSPS) is 12.6. The van der Waals surface area contributed by atoms with Crippen LogP contribution >= 0.6 is 0 Å². The van der Waals surface area contributed by atoms with Gasteiger partial charge in [-0.2, -0.15) is 0 Å². The van der Waals surface area contributed by atoms with Gasteiger partial charge in [0.15, 0.2) is 0 Å². The van der Waals surface area contributed by atoms with Crippen LogP contribution in [0.25, 0.3) is 0 Å². The smallest absolute Gasteiger partial charge is 0.326 e. The van der Waals surface area contributed by atoms with Gasteiger partial charge >= 0.3 is 12.0 Å². The van der Waals surface area contributed by atoms with Crippen LogP contribution in [0.5, 0.6) is 0 Å². The van der Waals surface area contributed by atoms with E-state index < -0.39 is 23.5 Å². The van der Waals surface area contributed by atoms with Crippen LogP contribution in [0.3, 0.4) is 0 Å². The van der Waals surface area contributed by atoms with E-state index in [0.717, 1.165) is 5.69 Å². The molecule has 0 spiro atoms. The Morgan fingerprint density at radius 2 is 1.95 bits per heavy atom. The Morgan fingerprint density at radius 3 is 2.37 bits per heavy atom. The molecule has 0 saturated carbocycles. The molecule has 0 aliphatic rings. The number of pyridine rings is 1. The summed E-state index contributed by atoms with van der Waals surface area (Å²) in [6.45, 7) is 7.09. The molecule has 1 unspecified atom stereocenters. The van der Waals surface area contributed by atoms with Gasteiger partial charge < -0.3 is 15.7 Å². The van der Waals surface area contributed by atoms with Crippen molar-refractivity contribution in [3.8, 4) is 0 Å². The Balaban J connectivity index is 2.68. The van der Waals surface area contributed by atoms with Gasteiger partial charge in [-0.3, -0.25) is 4.98 Å².